The lowest BCUT2D eigenvalue weighted by Crippen LogP contribution is -2.55. The second-order valence-corrected chi connectivity index (χ2v) is 8.59. The van der Waals surface area contributed by atoms with Crippen LogP contribution in [-0.2, 0) is 14.6 Å². The summed E-state index contributed by atoms with van der Waals surface area (Å²) in [6.07, 6.45) is 3.32. The molecule has 2 heterocycles. The minimum Gasteiger partial charge on any atom is -0.336 e. The molecule has 20 heavy (non-hydrogen) atoms. The largest absolute Gasteiger partial charge is 0.336 e. The quantitative estimate of drug-likeness (QED) is 0.760. The number of sulfone groups is 1. The van der Waals surface area contributed by atoms with Gasteiger partial charge in [0.1, 0.15) is 0 Å². The van der Waals surface area contributed by atoms with Crippen LogP contribution in [-0.4, -0.2) is 66.8 Å². The van der Waals surface area contributed by atoms with E-state index in [1.165, 1.54) is 6.42 Å². The van der Waals surface area contributed by atoms with Crippen LogP contribution in [0.2, 0.25) is 0 Å². The fraction of sp³-hybridized carbons (Fsp3) is 0.929. The van der Waals surface area contributed by atoms with Crippen LogP contribution in [0.4, 0.5) is 0 Å². The van der Waals surface area contributed by atoms with Crippen molar-refractivity contribution in [2.24, 2.45) is 0 Å². The summed E-state index contributed by atoms with van der Waals surface area (Å²) in [5.74, 6) is 0.497. The minimum absolute atomic E-state index is 0.0619. The zero-order valence-corrected chi connectivity index (χ0v) is 13.5. The van der Waals surface area contributed by atoms with E-state index in [2.05, 4.69) is 13.8 Å². The first-order valence-electron chi connectivity index (χ1n) is 7.56. The fourth-order valence-electron chi connectivity index (χ4n) is 3.44. The Morgan fingerprint density at radius 2 is 1.70 bits per heavy atom. The van der Waals surface area contributed by atoms with Gasteiger partial charge >= 0.3 is 0 Å². The van der Waals surface area contributed by atoms with E-state index in [4.69, 9.17) is 0 Å². The molecule has 1 amide bonds. The van der Waals surface area contributed by atoms with Gasteiger partial charge in [0, 0.05) is 24.7 Å². The highest BCUT2D eigenvalue weighted by atomic mass is 32.2. The molecule has 6 heteroatoms. The van der Waals surface area contributed by atoms with Crippen LogP contribution in [0.5, 0.6) is 0 Å². The highest BCUT2D eigenvalue weighted by Gasteiger charge is 2.33. The smallest absolute Gasteiger partial charge is 0.237 e. The van der Waals surface area contributed by atoms with Gasteiger partial charge in [0.15, 0.2) is 9.84 Å². The Kier molecular flexibility index (Phi) is 4.74. The molecule has 0 saturated carbocycles. The number of amides is 1. The molecule has 0 radical (unpaired) electrons. The molecule has 0 aliphatic carbocycles. The lowest BCUT2D eigenvalue weighted by atomic mass is 9.97. The summed E-state index contributed by atoms with van der Waals surface area (Å²) in [5.41, 5.74) is 0. The van der Waals surface area contributed by atoms with Gasteiger partial charge in [-0.3, -0.25) is 9.69 Å². The van der Waals surface area contributed by atoms with Gasteiger partial charge in [-0.1, -0.05) is 0 Å². The zero-order chi connectivity index (χ0) is 14.9. The summed E-state index contributed by atoms with van der Waals surface area (Å²) in [6, 6.07) is 0.540. The standard InChI is InChI=1S/C14H26N2O3S/c1-11-5-4-6-12(2)16(11)14(17)9-15-7-8-20(18,19)10-13(15)3/h11-13H,4-10H2,1-3H3/t11-,12-,13+/m0/s1. The van der Waals surface area contributed by atoms with Crippen molar-refractivity contribution < 1.29 is 13.2 Å². The van der Waals surface area contributed by atoms with Gasteiger partial charge in [-0.2, -0.15) is 0 Å². The first-order chi connectivity index (χ1) is 9.30. The van der Waals surface area contributed by atoms with E-state index >= 15 is 0 Å². The lowest BCUT2D eigenvalue weighted by Gasteiger charge is -2.41. The molecule has 2 aliphatic rings. The molecule has 5 nitrogen and oxygen atoms in total. The van der Waals surface area contributed by atoms with Crippen LogP contribution >= 0.6 is 0 Å². The third-order valence-corrected chi connectivity index (χ3v) is 6.42. The Morgan fingerprint density at radius 3 is 2.25 bits per heavy atom. The molecule has 0 spiro atoms. The molecule has 2 aliphatic heterocycles. The molecule has 0 N–H and O–H groups in total. The Hall–Kier alpha value is -0.620. The van der Waals surface area contributed by atoms with E-state index in [9.17, 15) is 13.2 Å². The summed E-state index contributed by atoms with van der Waals surface area (Å²) in [6.45, 7) is 6.94. The first kappa shape index (κ1) is 15.8. The highest BCUT2D eigenvalue weighted by molar-refractivity contribution is 7.91. The van der Waals surface area contributed by atoms with Gasteiger partial charge in [0.25, 0.3) is 0 Å². The number of rotatable bonds is 2. The molecule has 0 aromatic heterocycles. The second kappa shape index (κ2) is 6.02. The summed E-state index contributed by atoms with van der Waals surface area (Å²) in [5, 5.41) is 0. The molecule has 0 aromatic carbocycles. The van der Waals surface area contributed by atoms with E-state index in [0.29, 0.717) is 25.2 Å². The predicted molar refractivity (Wildman–Crippen MR) is 79.3 cm³/mol. The lowest BCUT2D eigenvalue weighted by molar-refractivity contribution is -0.138. The van der Waals surface area contributed by atoms with E-state index in [0.717, 1.165) is 12.8 Å². The topological polar surface area (TPSA) is 57.7 Å². The molecule has 0 unspecified atom stereocenters. The number of hydrogen-bond donors (Lipinski definition) is 0. The van der Waals surface area contributed by atoms with Crippen molar-refractivity contribution >= 4 is 15.7 Å². The van der Waals surface area contributed by atoms with Crippen molar-refractivity contribution in [1.29, 1.82) is 0 Å². The van der Waals surface area contributed by atoms with E-state index < -0.39 is 9.84 Å². The number of likely N-dealkylation sites (tertiary alicyclic amines) is 1. The Morgan fingerprint density at radius 1 is 1.10 bits per heavy atom. The van der Waals surface area contributed by atoms with E-state index in [1.807, 2.05) is 16.7 Å². The number of carbonyl (C=O) groups excluding carboxylic acids is 1. The van der Waals surface area contributed by atoms with Crippen molar-refractivity contribution in [3.8, 4) is 0 Å². The Labute approximate surface area is 122 Å². The van der Waals surface area contributed by atoms with Gasteiger partial charge in [0.05, 0.1) is 18.1 Å². The summed E-state index contributed by atoms with van der Waals surface area (Å²) >= 11 is 0. The molecule has 3 atom stereocenters. The maximum Gasteiger partial charge on any atom is 0.237 e. The van der Waals surface area contributed by atoms with E-state index in [-0.39, 0.29) is 23.5 Å². The SMILES string of the molecule is C[C@@H]1CS(=O)(=O)CCN1CC(=O)N1[C@@H](C)CCC[C@@H]1C. The fourth-order valence-corrected chi connectivity index (χ4v) is 5.06. The molecular formula is C14H26N2O3S. The Bertz CT molecular complexity index is 453. The van der Waals surface area contributed by atoms with Crippen LogP contribution < -0.4 is 0 Å². The average molecular weight is 302 g/mol. The van der Waals surface area contributed by atoms with E-state index in [1.54, 1.807) is 0 Å². The van der Waals surface area contributed by atoms with Gasteiger partial charge in [-0.15, -0.1) is 0 Å². The van der Waals surface area contributed by atoms with Gasteiger partial charge in [0.2, 0.25) is 5.91 Å². The summed E-state index contributed by atoms with van der Waals surface area (Å²) in [4.78, 5) is 16.5. The van der Waals surface area contributed by atoms with Crippen LogP contribution in [0.3, 0.4) is 0 Å². The molecule has 0 bridgehead atoms. The minimum atomic E-state index is -2.91. The molecule has 2 saturated heterocycles. The maximum absolute atomic E-state index is 12.5. The van der Waals surface area contributed by atoms with Crippen LogP contribution in [0.1, 0.15) is 40.0 Å². The third kappa shape index (κ3) is 3.52. The van der Waals surface area contributed by atoms with Crippen molar-refractivity contribution in [3.05, 3.63) is 0 Å². The van der Waals surface area contributed by atoms with Crippen LogP contribution in [0, 0.1) is 0 Å². The van der Waals surface area contributed by atoms with Gasteiger partial charge in [-0.05, 0) is 40.0 Å². The number of nitrogens with zero attached hydrogens (tertiary/aromatic N) is 2. The third-order valence-electron chi connectivity index (χ3n) is 4.63. The molecule has 0 aromatic rings. The first-order valence-corrected chi connectivity index (χ1v) is 9.38. The Balaban J connectivity index is 1.97. The molecule has 2 rings (SSSR count). The van der Waals surface area contributed by atoms with Crippen molar-refractivity contribution in [3.63, 3.8) is 0 Å². The number of carbonyl (C=O) groups is 1. The number of piperidine rings is 1. The molecule has 116 valence electrons. The second-order valence-electron chi connectivity index (χ2n) is 6.36. The zero-order valence-electron chi connectivity index (χ0n) is 12.7. The molecule has 2 fully saturated rings. The maximum atomic E-state index is 12.5. The summed E-state index contributed by atoms with van der Waals surface area (Å²) < 4.78 is 23.2. The van der Waals surface area contributed by atoms with Crippen molar-refractivity contribution in [2.75, 3.05) is 24.6 Å². The van der Waals surface area contributed by atoms with Crippen molar-refractivity contribution in [1.82, 2.24) is 9.80 Å². The normalized spacial score (nSPS) is 35.0. The van der Waals surface area contributed by atoms with Gasteiger partial charge in [-0.25, -0.2) is 8.42 Å². The average Bonchev–Trinajstić information content (AvgIpc) is 2.32. The molecular weight excluding hydrogens is 276 g/mol. The predicted octanol–water partition coefficient (Wildman–Crippen LogP) is 0.895. The monoisotopic (exact) mass is 302 g/mol. The van der Waals surface area contributed by atoms with Gasteiger partial charge < -0.3 is 4.90 Å². The van der Waals surface area contributed by atoms with Crippen molar-refractivity contribution in [2.45, 2.75) is 58.2 Å². The van der Waals surface area contributed by atoms with Crippen LogP contribution in [0.25, 0.3) is 0 Å². The summed E-state index contributed by atoms with van der Waals surface area (Å²) in [7, 11) is -2.91. The van der Waals surface area contributed by atoms with Crippen LogP contribution in [0.15, 0.2) is 0 Å². The highest BCUT2D eigenvalue weighted by Crippen LogP contribution is 2.23. The number of hydrogen-bond acceptors (Lipinski definition) is 4.